The van der Waals surface area contributed by atoms with E-state index in [-0.39, 0.29) is 22.9 Å². The number of halogens is 2. The van der Waals surface area contributed by atoms with Crippen LogP contribution in [0.5, 0.6) is 0 Å². The molecule has 1 spiro atoms. The van der Waals surface area contributed by atoms with E-state index in [1.807, 2.05) is 0 Å². The standard InChI is InChI=1S/C15H16F2O2/c16-12-6-11(7-13(17)8-12)14(18)10-2-5-19-15(9-10)3-1-4-15/h6-8,10H,1-5,9H2. The van der Waals surface area contributed by atoms with Crippen molar-refractivity contribution in [3.05, 3.63) is 35.4 Å². The third-order valence-electron chi connectivity index (χ3n) is 4.28. The molecule has 19 heavy (non-hydrogen) atoms. The van der Waals surface area contributed by atoms with Crippen molar-refractivity contribution in [3.8, 4) is 0 Å². The minimum Gasteiger partial charge on any atom is -0.375 e. The van der Waals surface area contributed by atoms with E-state index < -0.39 is 11.6 Å². The summed E-state index contributed by atoms with van der Waals surface area (Å²) >= 11 is 0. The topological polar surface area (TPSA) is 26.3 Å². The normalized spacial score (nSPS) is 25.1. The third kappa shape index (κ3) is 2.41. The molecule has 0 N–H and O–H groups in total. The zero-order valence-electron chi connectivity index (χ0n) is 10.6. The van der Waals surface area contributed by atoms with Gasteiger partial charge in [0.25, 0.3) is 0 Å². The van der Waals surface area contributed by atoms with Crippen LogP contribution < -0.4 is 0 Å². The number of hydrogen-bond donors (Lipinski definition) is 0. The first kappa shape index (κ1) is 12.7. The first-order valence-corrected chi connectivity index (χ1v) is 6.72. The molecule has 0 bridgehead atoms. The van der Waals surface area contributed by atoms with Gasteiger partial charge in [0.15, 0.2) is 5.78 Å². The highest BCUT2D eigenvalue weighted by Crippen LogP contribution is 2.44. The predicted octanol–water partition coefficient (Wildman–Crippen LogP) is 3.50. The lowest BCUT2D eigenvalue weighted by Gasteiger charge is -2.46. The molecule has 0 amide bonds. The largest absolute Gasteiger partial charge is 0.375 e. The zero-order valence-corrected chi connectivity index (χ0v) is 10.6. The van der Waals surface area contributed by atoms with Gasteiger partial charge in [0, 0.05) is 24.2 Å². The minimum absolute atomic E-state index is 0.134. The van der Waals surface area contributed by atoms with Crippen LogP contribution in [0, 0.1) is 17.6 Å². The molecule has 1 heterocycles. The summed E-state index contributed by atoms with van der Waals surface area (Å²) < 4.78 is 32.1. The van der Waals surface area contributed by atoms with Gasteiger partial charge in [-0.1, -0.05) is 0 Å². The molecule has 1 atom stereocenters. The van der Waals surface area contributed by atoms with E-state index in [1.54, 1.807) is 0 Å². The van der Waals surface area contributed by atoms with Gasteiger partial charge in [-0.2, -0.15) is 0 Å². The number of Topliss-reactive ketones (excluding diaryl/α,β-unsaturated/α-hetero) is 1. The Hall–Kier alpha value is -1.29. The van der Waals surface area contributed by atoms with E-state index >= 15 is 0 Å². The summed E-state index contributed by atoms with van der Waals surface area (Å²) in [5.41, 5.74) is 0.00337. The van der Waals surface area contributed by atoms with Crippen LogP contribution in [-0.4, -0.2) is 18.0 Å². The Balaban J connectivity index is 1.79. The van der Waals surface area contributed by atoms with Gasteiger partial charge >= 0.3 is 0 Å². The molecule has 2 fully saturated rings. The van der Waals surface area contributed by atoms with Gasteiger partial charge in [-0.15, -0.1) is 0 Å². The molecule has 0 radical (unpaired) electrons. The fraction of sp³-hybridized carbons (Fsp3) is 0.533. The Morgan fingerprint density at radius 3 is 2.47 bits per heavy atom. The van der Waals surface area contributed by atoms with Crippen molar-refractivity contribution in [2.24, 2.45) is 5.92 Å². The molecule has 1 unspecified atom stereocenters. The maximum Gasteiger partial charge on any atom is 0.166 e. The maximum atomic E-state index is 13.2. The average Bonchev–Trinajstić information content (AvgIpc) is 2.35. The smallest absolute Gasteiger partial charge is 0.166 e. The Bertz CT molecular complexity index is 489. The molecule has 1 aromatic carbocycles. The molecular weight excluding hydrogens is 250 g/mol. The summed E-state index contributed by atoms with van der Waals surface area (Å²) in [5.74, 6) is -1.73. The zero-order chi connectivity index (χ0) is 13.5. The van der Waals surface area contributed by atoms with Gasteiger partial charge in [0.2, 0.25) is 0 Å². The number of hydrogen-bond acceptors (Lipinski definition) is 2. The van der Waals surface area contributed by atoms with E-state index in [4.69, 9.17) is 4.74 Å². The van der Waals surface area contributed by atoms with Gasteiger partial charge in [0.05, 0.1) is 5.60 Å². The predicted molar refractivity (Wildman–Crippen MR) is 65.9 cm³/mol. The van der Waals surface area contributed by atoms with Crippen molar-refractivity contribution in [2.45, 2.75) is 37.7 Å². The van der Waals surface area contributed by atoms with Crippen LogP contribution in [0.25, 0.3) is 0 Å². The van der Waals surface area contributed by atoms with Crippen LogP contribution in [0.1, 0.15) is 42.5 Å². The highest BCUT2D eigenvalue weighted by atomic mass is 19.1. The van der Waals surface area contributed by atoms with Gasteiger partial charge in [-0.25, -0.2) is 8.78 Å². The molecule has 3 rings (SSSR count). The molecule has 2 aliphatic rings. The Labute approximate surface area is 110 Å². The highest BCUT2D eigenvalue weighted by molar-refractivity contribution is 5.98. The SMILES string of the molecule is O=C(c1cc(F)cc(F)c1)C1CCOC2(CCC2)C1. The molecule has 1 aliphatic heterocycles. The molecule has 1 saturated heterocycles. The van der Waals surface area contributed by atoms with Gasteiger partial charge < -0.3 is 4.74 Å². The lowest BCUT2D eigenvalue weighted by Crippen LogP contribution is -2.47. The second-order valence-corrected chi connectivity index (χ2v) is 5.60. The van der Waals surface area contributed by atoms with Crippen molar-refractivity contribution in [2.75, 3.05) is 6.61 Å². The summed E-state index contributed by atoms with van der Waals surface area (Å²) in [6.07, 6.45) is 4.45. The molecule has 102 valence electrons. The summed E-state index contributed by atoms with van der Waals surface area (Å²) in [6, 6.07) is 3.02. The highest BCUT2D eigenvalue weighted by Gasteiger charge is 2.44. The lowest BCUT2D eigenvalue weighted by molar-refractivity contribution is -0.137. The second kappa shape index (κ2) is 4.67. The Morgan fingerprint density at radius 2 is 1.89 bits per heavy atom. The van der Waals surface area contributed by atoms with Crippen LogP contribution in [0.3, 0.4) is 0 Å². The van der Waals surface area contributed by atoms with Crippen LogP contribution in [0.4, 0.5) is 8.78 Å². The Kier molecular flexibility index (Phi) is 3.13. The van der Waals surface area contributed by atoms with Crippen LogP contribution in [0.15, 0.2) is 18.2 Å². The lowest BCUT2D eigenvalue weighted by atomic mass is 9.70. The van der Waals surface area contributed by atoms with E-state index in [1.165, 1.54) is 0 Å². The van der Waals surface area contributed by atoms with Gasteiger partial charge in [0.1, 0.15) is 11.6 Å². The van der Waals surface area contributed by atoms with Crippen LogP contribution >= 0.6 is 0 Å². The molecule has 2 nitrogen and oxygen atoms in total. The first-order valence-electron chi connectivity index (χ1n) is 6.72. The van der Waals surface area contributed by atoms with Crippen molar-refractivity contribution in [1.82, 2.24) is 0 Å². The van der Waals surface area contributed by atoms with Crippen molar-refractivity contribution in [3.63, 3.8) is 0 Å². The maximum absolute atomic E-state index is 13.2. The van der Waals surface area contributed by atoms with Crippen molar-refractivity contribution >= 4 is 5.78 Å². The molecule has 1 saturated carbocycles. The van der Waals surface area contributed by atoms with E-state index in [0.717, 1.165) is 37.5 Å². The Morgan fingerprint density at radius 1 is 1.21 bits per heavy atom. The number of carbonyl (C=O) groups excluding carboxylic acids is 1. The summed E-state index contributed by atoms with van der Waals surface area (Å²) in [7, 11) is 0. The minimum atomic E-state index is -0.700. The molecule has 1 aromatic rings. The number of carbonyl (C=O) groups is 1. The van der Waals surface area contributed by atoms with Crippen LogP contribution in [-0.2, 0) is 4.74 Å². The first-order chi connectivity index (χ1) is 9.08. The molecule has 4 heteroatoms. The fourth-order valence-electron chi connectivity index (χ4n) is 3.10. The number of ether oxygens (including phenoxy) is 1. The van der Waals surface area contributed by atoms with E-state index in [9.17, 15) is 13.6 Å². The summed E-state index contributed by atoms with van der Waals surface area (Å²) in [6.45, 7) is 0.564. The molecule has 0 aromatic heterocycles. The fourth-order valence-corrected chi connectivity index (χ4v) is 3.10. The molecular formula is C15H16F2O2. The van der Waals surface area contributed by atoms with Gasteiger partial charge in [-0.05, 0) is 44.2 Å². The summed E-state index contributed by atoms with van der Waals surface area (Å²) in [4.78, 5) is 12.3. The quantitative estimate of drug-likeness (QED) is 0.766. The number of rotatable bonds is 2. The van der Waals surface area contributed by atoms with Crippen molar-refractivity contribution in [1.29, 1.82) is 0 Å². The third-order valence-corrected chi connectivity index (χ3v) is 4.28. The van der Waals surface area contributed by atoms with E-state index in [2.05, 4.69) is 0 Å². The second-order valence-electron chi connectivity index (χ2n) is 5.60. The monoisotopic (exact) mass is 266 g/mol. The van der Waals surface area contributed by atoms with Crippen molar-refractivity contribution < 1.29 is 18.3 Å². The van der Waals surface area contributed by atoms with Crippen LogP contribution in [0.2, 0.25) is 0 Å². The summed E-state index contributed by atoms with van der Waals surface area (Å²) in [5, 5.41) is 0. The number of ketones is 1. The van der Waals surface area contributed by atoms with Gasteiger partial charge in [-0.3, -0.25) is 4.79 Å². The molecule has 1 aliphatic carbocycles. The average molecular weight is 266 g/mol. The number of benzene rings is 1. The van der Waals surface area contributed by atoms with E-state index in [0.29, 0.717) is 19.4 Å².